The fourth-order valence-electron chi connectivity index (χ4n) is 1.44. The second-order valence-corrected chi connectivity index (χ2v) is 5.01. The third-order valence-electron chi connectivity index (χ3n) is 2.52. The molecule has 0 aliphatic rings. The first kappa shape index (κ1) is 14.6. The van der Waals surface area contributed by atoms with E-state index in [1.807, 2.05) is 13.8 Å². The lowest BCUT2D eigenvalue weighted by Crippen LogP contribution is -2.40. The van der Waals surface area contributed by atoms with Crippen LogP contribution >= 0.6 is 15.9 Å². The van der Waals surface area contributed by atoms with Gasteiger partial charge in [-0.25, -0.2) is 4.98 Å². The Hall–Kier alpha value is -1.43. The first-order chi connectivity index (χ1) is 8.41. The summed E-state index contributed by atoms with van der Waals surface area (Å²) in [7, 11) is 0. The minimum atomic E-state index is -0.931. The van der Waals surface area contributed by atoms with Crippen LogP contribution in [0.3, 0.4) is 0 Å². The van der Waals surface area contributed by atoms with Crippen LogP contribution in [0.15, 0.2) is 22.9 Å². The third-order valence-corrected chi connectivity index (χ3v) is 3.15. The van der Waals surface area contributed by atoms with Crippen LogP contribution in [0.25, 0.3) is 0 Å². The van der Waals surface area contributed by atoms with E-state index in [-0.39, 0.29) is 18.2 Å². The standard InChI is InChI=1S/C12H15BrN2O3/c1-7(2)9(6-10(16)17)15-12(18)8-4-3-5-14-11(8)13/h3-5,7,9H,6H2,1-2H3,(H,15,18)(H,16,17). The van der Waals surface area contributed by atoms with Crippen molar-refractivity contribution < 1.29 is 14.7 Å². The lowest BCUT2D eigenvalue weighted by molar-refractivity contribution is -0.137. The maximum Gasteiger partial charge on any atom is 0.305 e. The molecule has 0 bridgehead atoms. The molecule has 18 heavy (non-hydrogen) atoms. The van der Waals surface area contributed by atoms with Crippen LogP contribution in [0, 0.1) is 5.92 Å². The number of carbonyl (C=O) groups is 2. The summed E-state index contributed by atoms with van der Waals surface area (Å²) in [6, 6.07) is 2.88. The summed E-state index contributed by atoms with van der Waals surface area (Å²) < 4.78 is 0.445. The number of aliphatic carboxylic acids is 1. The van der Waals surface area contributed by atoms with E-state index in [1.165, 1.54) is 0 Å². The molecule has 1 aromatic heterocycles. The van der Waals surface area contributed by atoms with E-state index in [2.05, 4.69) is 26.2 Å². The number of amides is 1. The average molecular weight is 315 g/mol. The number of rotatable bonds is 5. The summed E-state index contributed by atoms with van der Waals surface area (Å²) in [5.41, 5.74) is 0.397. The highest BCUT2D eigenvalue weighted by Crippen LogP contribution is 2.14. The number of aromatic nitrogens is 1. The van der Waals surface area contributed by atoms with Gasteiger partial charge in [0, 0.05) is 12.2 Å². The number of carboxylic acids is 1. The van der Waals surface area contributed by atoms with Gasteiger partial charge in [-0.3, -0.25) is 9.59 Å². The first-order valence-corrected chi connectivity index (χ1v) is 6.34. The van der Waals surface area contributed by atoms with Crippen LogP contribution in [0.1, 0.15) is 30.6 Å². The van der Waals surface area contributed by atoms with E-state index >= 15 is 0 Å². The molecule has 6 heteroatoms. The van der Waals surface area contributed by atoms with Crippen molar-refractivity contribution in [1.29, 1.82) is 0 Å². The van der Waals surface area contributed by atoms with Gasteiger partial charge in [0.25, 0.3) is 5.91 Å². The van der Waals surface area contributed by atoms with Gasteiger partial charge in [0.1, 0.15) is 4.60 Å². The molecule has 1 rings (SSSR count). The van der Waals surface area contributed by atoms with Crippen molar-refractivity contribution >= 4 is 27.8 Å². The molecule has 0 aliphatic heterocycles. The molecule has 0 saturated carbocycles. The Balaban J connectivity index is 2.79. The van der Waals surface area contributed by atoms with Crippen molar-refractivity contribution in [3.8, 4) is 0 Å². The molecule has 0 spiro atoms. The molecule has 1 atom stereocenters. The van der Waals surface area contributed by atoms with Crippen molar-refractivity contribution in [2.75, 3.05) is 0 Å². The number of carboxylic acid groups (broad SMARTS) is 1. The number of hydrogen-bond acceptors (Lipinski definition) is 3. The van der Waals surface area contributed by atoms with Crippen LogP contribution in [-0.2, 0) is 4.79 Å². The van der Waals surface area contributed by atoms with E-state index in [0.717, 1.165) is 0 Å². The lowest BCUT2D eigenvalue weighted by Gasteiger charge is -2.20. The zero-order chi connectivity index (χ0) is 13.7. The van der Waals surface area contributed by atoms with E-state index < -0.39 is 12.0 Å². The van der Waals surface area contributed by atoms with Crippen molar-refractivity contribution in [1.82, 2.24) is 10.3 Å². The fourth-order valence-corrected chi connectivity index (χ4v) is 1.87. The molecule has 1 amide bonds. The van der Waals surface area contributed by atoms with Gasteiger partial charge in [0.2, 0.25) is 0 Å². The van der Waals surface area contributed by atoms with E-state index in [1.54, 1.807) is 18.3 Å². The Morgan fingerprint density at radius 2 is 2.17 bits per heavy atom. The minimum Gasteiger partial charge on any atom is -0.481 e. The number of nitrogens with one attached hydrogen (secondary N) is 1. The number of nitrogens with zero attached hydrogens (tertiary/aromatic N) is 1. The zero-order valence-electron chi connectivity index (χ0n) is 10.2. The predicted octanol–water partition coefficient (Wildman–Crippen LogP) is 2.07. The molecule has 1 heterocycles. The highest BCUT2D eigenvalue weighted by atomic mass is 79.9. The summed E-state index contributed by atoms with van der Waals surface area (Å²) in [4.78, 5) is 26.7. The Morgan fingerprint density at radius 3 is 2.67 bits per heavy atom. The maximum atomic E-state index is 12.0. The van der Waals surface area contributed by atoms with Crippen molar-refractivity contribution in [3.63, 3.8) is 0 Å². The van der Waals surface area contributed by atoms with Crippen LogP contribution in [-0.4, -0.2) is 28.0 Å². The van der Waals surface area contributed by atoms with Gasteiger partial charge >= 0.3 is 5.97 Å². The molecule has 5 nitrogen and oxygen atoms in total. The van der Waals surface area contributed by atoms with Gasteiger partial charge < -0.3 is 10.4 Å². The summed E-state index contributed by atoms with van der Waals surface area (Å²) in [5, 5.41) is 11.5. The van der Waals surface area contributed by atoms with Gasteiger partial charge in [-0.05, 0) is 34.0 Å². The topological polar surface area (TPSA) is 79.3 Å². The maximum absolute atomic E-state index is 12.0. The Kier molecular flexibility index (Phi) is 5.27. The van der Waals surface area contributed by atoms with Gasteiger partial charge in [-0.1, -0.05) is 13.8 Å². The summed E-state index contributed by atoms with van der Waals surface area (Å²) in [6.45, 7) is 3.73. The molecule has 0 fully saturated rings. The van der Waals surface area contributed by atoms with Crippen LogP contribution in [0.2, 0.25) is 0 Å². The molecule has 0 radical (unpaired) electrons. The minimum absolute atomic E-state index is 0.0421. The van der Waals surface area contributed by atoms with Crippen LogP contribution in [0.4, 0.5) is 0 Å². The summed E-state index contributed by atoms with van der Waals surface area (Å²) in [5.74, 6) is -1.21. The van der Waals surface area contributed by atoms with Crippen molar-refractivity contribution in [3.05, 3.63) is 28.5 Å². The van der Waals surface area contributed by atoms with Crippen LogP contribution < -0.4 is 5.32 Å². The fraction of sp³-hybridized carbons (Fsp3) is 0.417. The molecule has 0 aromatic carbocycles. The molecule has 2 N–H and O–H groups in total. The second kappa shape index (κ2) is 6.49. The van der Waals surface area contributed by atoms with Crippen LogP contribution in [0.5, 0.6) is 0 Å². The zero-order valence-corrected chi connectivity index (χ0v) is 11.8. The smallest absolute Gasteiger partial charge is 0.305 e. The average Bonchev–Trinajstić information content (AvgIpc) is 2.27. The Morgan fingerprint density at radius 1 is 1.50 bits per heavy atom. The normalized spacial score (nSPS) is 12.2. The molecular formula is C12H15BrN2O3. The third kappa shape index (κ3) is 4.10. The molecule has 1 aromatic rings. The largest absolute Gasteiger partial charge is 0.481 e. The highest BCUT2D eigenvalue weighted by molar-refractivity contribution is 9.10. The second-order valence-electron chi connectivity index (χ2n) is 4.26. The SMILES string of the molecule is CC(C)C(CC(=O)O)NC(=O)c1cccnc1Br. The summed E-state index contributed by atoms with van der Waals surface area (Å²) >= 11 is 3.19. The number of carbonyl (C=O) groups excluding carboxylic acids is 1. The van der Waals surface area contributed by atoms with Gasteiger partial charge in [0.15, 0.2) is 0 Å². The number of halogens is 1. The number of hydrogen-bond donors (Lipinski definition) is 2. The quantitative estimate of drug-likeness (QED) is 0.815. The van der Waals surface area contributed by atoms with Gasteiger partial charge in [-0.2, -0.15) is 0 Å². The molecule has 98 valence electrons. The van der Waals surface area contributed by atoms with Crippen molar-refractivity contribution in [2.45, 2.75) is 26.3 Å². The first-order valence-electron chi connectivity index (χ1n) is 5.55. The van der Waals surface area contributed by atoms with E-state index in [9.17, 15) is 9.59 Å². The monoisotopic (exact) mass is 314 g/mol. The van der Waals surface area contributed by atoms with E-state index in [0.29, 0.717) is 10.2 Å². The number of pyridine rings is 1. The molecule has 0 saturated heterocycles. The molecular weight excluding hydrogens is 300 g/mol. The lowest BCUT2D eigenvalue weighted by atomic mass is 10.0. The van der Waals surface area contributed by atoms with E-state index in [4.69, 9.17) is 5.11 Å². The van der Waals surface area contributed by atoms with Crippen molar-refractivity contribution in [2.24, 2.45) is 5.92 Å². The van der Waals surface area contributed by atoms with Gasteiger partial charge in [0.05, 0.1) is 12.0 Å². The Labute approximate surface area is 114 Å². The Bertz CT molecular complexity index is 449. The van der Waals surface area contributed by atoms with Gasteiger partial charge in [-0.15, -0.1) is 0 Å². The predicted molar refractivity (Wildman–Crippen MR) is 70.3 cm³/mol. The highest BCUT2D eigenvalue weighted by Gasteiger charge is 2.21. The summed E-state index contributed by atoms with van der Waals surface area (Å²) in [6.07, 6.45) is 1.47. The molecule has 1 unspecified atom stereocenters. The molecule has 0 aliphatic carbocycles.